The minimum Gasteiger partial charge on any atom is -0.454 e. The van der Waals surface area contributed by atoms with Gasteiger partial charge in [-0.3, -0.25) is 4.79 Å². The van der Waals surface area contributed by atoms with Gasteiger partial charge in [0.1, 0.15) is 5.82 Å². The molecule has 132 valence electrons. The van der Waals surface area contributed by atoms with Crippen LogP contribution in [0.2, 0.25) is 0 Å². The lowest BCUT2D eigenvalue weighted by Gasteiger charge is -2.34. The summed E-state index contributed by atoms with van der Waals surface area (Å²) in [6.07, 6.45) is 2.17. The van der Waals surface area contributed by atoms with Crippen molar-refractivity contribution >= 4 is 5.91 Å². The van der Waals surface area contributed by atoms with Gasteiger partial charge in [-0.2, -0.15) is 0 Å². The van der Waals surface area contributed by atoms with Gasteiger partial charge in [0.25, 0.3) is 0 Å². The van der Waals surface area contributed by atoms with Crippen LogP contribution in [0.4, 0.5) is 0 Å². The van der Waals surface area contributed by atoms with Crippen LogP contribution in [0.15, 0.2) is 24.4 Å². The van der Waals surface area contributed by atoms with Crippen LogP contribution >= 0.6 is 0 Å². The number of nitrogens with zero attached hydrogens (tertiary/aromatic N) is 3. The Morgan fingerprint density at radius 3 is 3.00 bits per heavy atom. The fourth-order valence-electron chi connectivity index (χ4n) is 3.49. The average molecular weight is 343 g/mol. The highest BCUT2D eigenvalue weighted by molar-refractivity contribution is 5.79. The highest BCUT2D eigenvalue weighted by atomic mass is 16.7. The highest BCUT2D eigenvalue weighted by Gasteiger charge is 2.30. The van der Waals surface area contributed by atoms with Crippen molar-refractivity contribution in [1.82, 2.24) is 14.5 Å². The quantitative estimate of drug-likeness (QED) is 0.848. The molecule has 0 bridgehead atoms. The average Bonchev–Trinajstić information content (AvgIpc) is 3.22. The van der Waals surface area contributed by atoms with Gasteiger partial charge in [-0.05, 0) is 24.6 Å². The molecule has 1 atom stereocenters. The molecule has 0 aliphatic carbocycles. The first-order valence-electron chi connectivity index (χ1n) is 8.38. The van der Waals surface area contributed by atoms with Crippen LogP contribution in [0.1, 0.15) is 30.0 Å². The summed E-state index contributed by atoms with van der Waals surface area (Å²) in [7, 11) is 1.67. The van der Waals surface area contributed by atoms with Gasteiger partial charge in [0.15, 0.2) is 11.5 Å². The van der Waals surface area contributed by atoms with E-state index in [1.165, 1.54) is 0 Å². The molecule has 0 saturated carbocycles. The molecule has 1 amide bonds. The fraction of sp³-hybridized carbons (Fsp3) is 0.444. The zero-order valence-electron chi connectivity index (χ0n) is 14.4. The summed E-state index contributed by atoms with van der Waals surface area (Å²) in [5.74, 6) is 2.44. The van der Waals surface area contributed by atoms with E-state index in [1.807, 2.05) is 36.2 Å². The second kappa shape index (κ2) is 6.40. The number of hydrogen-bond donors (Lipinski definition) is 0. The van der Waals surface area contributed by atoms with Crippen LogP contribution in [-0.2, 0) is 29.1 Å². The Hall–Kier alpha value is -2.54. The number of methoxy groups -OCH3 is 1. The van der Waals surface area contributed by atoms with Crippen LogP contribution in [-0.4, -0.2) is 40.8 Å². The molecule has 0 spiro atoms. The van der Waals surface area contributed by atoms with Crippen molar-refractivity contribution in [2.75, 3.05) is 20.4 Å². The number of fused-ring (bicyclic) bond motifs is 2. The van der Waals surface area contributed by atoms with Crippen LogP contribution in [0.3, 0.4) is 0 Å². The van der Waals surface area contributed by atoms with Crippen LogP contribution in [0, 0.1) is 0 Å². The first kappa shape index (κ1) is 16.0. The molecular weight excluding hydrogens is 322 g/mol. The number of benzene rings is 1. The largest absolute Gasteiger partial charge is 0.454 e. The molecule has 3 heterocycles. The SMILES string of the molecule is COCc1cnc2n1CCN(C(=O)Cc1ccc3c(c1)OCO3)[C@@H]2C. The molecule has 4 rings (SSSR count). The molecule has 2 aliphatic heterocycles. The van der Waals surface area contributed by atoms with E-state index in [9.17, 15) is 4.79 Å². The van der Waals surface area contributed by atoms with Crippen molar-refractivity contribution in [2.24, 2.45) is 0 Å². The summed E-state index contributed by atoms with van der Waals surface area (Å²) in [5, 5.41) is 0. The molecule has 7 heteroatoms. The maximum Gasteiger partial charge on any atom is 0.231 e. The molecule has 2 aromatic rings. The third kappa shape index (κ3) is 2.84. The van der Waals surface area contributed by atoms with Crippen molar-refractivity contribution < 1.29 is 19.0 Å². The standard InChI is InChI=1S/C18H21N3O4/c1-12-18-19-9-14(10-23-2)21(18)6-5-20(12)17(22)8-13-3-4-15-16(7-13)25-11-24-15/h3-4,7,9,12H,5-6,8,10-11H2,1-2H3/t12-/m1/s1. The van der Waals surface area contributed by atoms with E-state index >= 15 is 0 Å². The van der Waals surface area contributed by atoms with Crippen molar-refractivity contribution in [3.63, 3.8) is 0 Å². The second-order valence-corrected chi connectivity index (χ2v) is 6.32. The number of aromatic nitrogens is 2. The minimum atomic E-state index is -0.0548. The van der Waals surface area contributed by atoms with Crippen LogP contribution in [0.25, 0.3) is 0 Å². The maximum absolute atomic E-state index is 12.8. The van der Waals surface area contributed by atoms with Crippen molar-refractivity contribution in [2.45, 2.75) is 32.5 Å². The molecule has 1 aromatic carbocycles. The van der Waals surface area contributed by atoms with Gasteiger partial charge in [-0.15, -0.1) is 0 Å². The van der Waals surface area contributed by atoms with Gasteiger partial charge in [-0.1, -0.05) is 6.07 Å². The van der Waals surface area contributed by atoms with Gasteiger partial charge in [0.05, 0.1) is 31.0 Å². The van der Waals surface area contributed by atoms with E-state index in [1.54, 1.807) is 7.11 Å². The summed E-state index contributed by atoms with van der Waals surface area (Å²) in [4.78, 5) is 19.2. The van der Waals surface area contributed by atoms with E-state index < -0.39 is 0 Å². The molecule has 1 aromatic heterocycles. The van der Waals surface area contributed by atoms with Crippen LogP contribution < -0.4 is 9.47 Å². The molecule has 2 aliphatic rings. The normalized spacial score (nSPS) is 18.3. The lowest BCUT2D eigenvalue weighted by Crippen LogP contribution is -2.42. The zero-order chi connectivity index (χ0) is 17.4. The Morgan fingerprint density at radius 1 is 1.32 bits per heavy atom. The third-order valence-electron chi connectivity index (χ3n) is 4.78. The van der Waals surface area contributed by atoms with E-state index in [0.717, 1.165) is 29.4 Å². The summed E-state index contributed by atoms with van der Waals surface area (Å²) in [5.41, 5.74) is 1.97. The predicted molar refractivity (Wildman–Crippen MR) is 89.3 cm³/mol. The molecule has 7 nitrogen and oxygen atoms in total. The number of imidazole rings is 1. The summed E-state index contributed by atoms with van der Waals surface area (Å²) >= 11 is 0. The van der Waals surface area contributed by atoms with Crippen LogP contribution in [0.5, 0.6) is 11.5 Å². The lowest BCUT2D eigenvalue weighted by atomic mass is 10.1. The Morgan fingerprint density at radius 2 is 2.16 bits per heavy atom. The Labute approximate surface area is 146 Å². The number of hydrogen-bond acceptors (Lipinski definition) is 5. The first-order valence-corrected chi connectivity index (χ1v) is 8.38. The van der Waals surface area contributed by atoms with Crippen molar-refractivity contribution in [3.05, 3.63) is 41.5 Å². The number of ether oxygens (including phenoxy) is 3. The first-order chi connectivity index (χ1) is 12.2. The summed E-state index contributed by atoms with van der Waals surface area (Å²) in [6.45, 7) is 4.20. The molecule has 0 unspecified atom stereocenters. The lowest BCUT2D eigenvalue weighted by molar-refractivity contribution is -0.133. The Bertz CT molecular complexity index is 802. The van der Waals surface area contributed by atoms with E-state index in [-0.39, 0.29) is 18.7 Å². The molecule has 25 heavy (non-hydrogen) atoms. The zero-order valence-corrected chi connectivity index (χ0v) is 14.4. The Balaban J connectivity index is 1.49. The third-order valence-corrected chi connectivity index (χ3v) is 4.78. The van der Waals surface area contributed by atoms with E-state index in [4.69, 9.17) is 14.2 Å². The number of rotatable bonds is 4. The summed E-state index contributed by atoms with van der Waals surface area (Å²) < 4.78 is 18.1. The Kier molecular flexibility index (Phi) is 4.09. The van der Waals surface area contributed by atoms with E-state index in [2.05, 4.69) is 9.55 Å². The topological polar surface area (TPSA) is 65.8 Å². The minimum absolute atomic E-state index is 0.0548. The van der Waals surface area contributed by atoms with Gasteiger partial charge in [-0.25, -0.2) is 4.98 Å². The maximum atomic E-state index is 12.8. The molecule has 0 saturated heterocycles. The van der Waals surface area contributed by atoms with Gasteiger partial charge >= 0.3 is 0 Å². The number of carbonyl (C=O) groups is 1. The molecule has 0 radical (unpaired) electrons. The number of carbonyl (C=O) groups excluding carboxylic acids is 1. The van der Waals surface area contributed by atoms with Crippen molar-refractivity contribution in [1.29, 1.82) is 0 Å². The van der Waals surface area contributed by atoms with Gasteiger partial charge in [0, 0.05) is 20.2 Å². The molecule has 0 fully saturated rings. The van der Waals surface area contributed by atoms with Gasteiger partial charge < -0.3 is 23.7 Å². The fourth-order valence-corrected chi connectivity index (χ4v) is 3.49. The second-order valence-electron chi connectivity index (χ2n) is 6.32. The van der Waals surface area contributed by atoms with Gasteiger partial charge in [0.2, 0.25) is 12.7 Å². The monoisotopic (exact) mass is 343 g/mol. The predicted octanol–water partition coefficient (Wildman–Crippen LogP) is 1.90. The molecule has 0 N–H and O–H groups in total. The smallest absolute Gasteiger partial charge is 0.231 e. The van der Waals surface area contributed by atoms with Crippen molar-refractivity contribution in [3.8, 4) is 11.5 Å². The number of amides is 1. The highest BCUT2D eigenvalue weighted by Crippen LogP contribution is 2.33. The summed E-state index contributed by atoms with van der Waals surface area (Å²) in [6, 6.07) is 5.60. The van der Waals surface area contributed by atoms with E-state index in [0.29, 0.717) is 25.3 Å². The molecular formula is C18H21N3O4.